The molecular formula is C14H17ClN2O2S. The molecule has 1 aliphatic heterocycles. The molecule has 1 atom stereocenters. The Balaban J connectivity index is 2.08. The summed E-state index contributed by atoms with van der Waals surface area (Å²) in [4.78, 5) is 4.61. The second kappa shape index (κ2) is 5.04. The standard InChI is InChI=1S/C14H17ClN2O2S/c1-10(15)14-16-12-4-2-3-5-13(12)17(14)11-6-8-20(18,19)9-7-11/h2-5,10-11H,6-9H2,1H3. The number of para-hydroxylation sites is 2. The van der Waals surface area contributed by atoms with Crippen LogP contribution in [0.1, 0.15) is 37.0 Å². The summed E-state index contributed by atoms with van der Waals surface area (Å²) < 4.78 is 25.3. The van der Waals surface area contributed by atoms with Crippen LogP contribution >= 0.6 is 11.6 Å². The Morgan fingerprint density at radius 2 is 1.95 bits per heavy atom. The highest BCUT2D eigenvalue weighted by Crippen LogP contribution is 2.33. The van der Waals surface area contributed by atoms with E-state index in [1.165, 1.54) is 0 Å². The lowest BCUT2D eigenvalue weighted by atomic mass is 10.1. The number of imidazole rings is 1. The third-order valence-corrected chi connectivity index (χ3v) is 5.78. The van der Waals surface area contributed by atoms with Crippen molar-refractivity contribution in [1.29, 1.82) is 0 Å². The molecule has 1 aliphatic rings. The number of benzene rings is 1. The molecule has 2 heterocycles. The summed E-state index contributed by atoms with van der Waals surface area (Å²) in [6.07, 6.45) is 1.28. The molecule has 0 radical (unpaired) electrons. The Morgan fingerprint density at radius 3 is 2.60 bits per heavy atom. The van der Waals surface area contributed by atoms with Gasteiger partial charge in [-0.15, -0.1) is 11.6 Å². The molecule has 108 valence electrons. The Hall–Kier alpha value is -1.07. The number of hydrogen-bond donors (Lipinski definition) is 0. The quantitative estimate of drug-likeness (QED) is 0.801. The van der Waals surface area contributed by atoms with Crippen molar-refractivity contribution in [2.75, 3.05) is 11.5 Å². The van der Waals surface area contributed by atoms with Crippen LogP contribution in [0.2, 0.25) is 0 Å². The highest BCUT2D eigenvalue weighted by atomic mass is 35.5. The normalized spacial score (nSPS) is 21.1. The average Bonchev–Trinajstić information content (AvgIpc) is 2.78. The van der Waals surface area contributed by atoms with Crippen molar-refractivity contribution in [3.63, 3.8) is 0 Å². The van der Waals surface area contributed by atoms with Crippen molar-refractivity contribution in [2.24, 2.45) is 0 Å². The summed E-state index contributed by atoms with van der Waals surface area (Å²) in [7, 11) is -2.86. The van der Waals surface area contributed by atoms with Gasteiger partial charge < -0.3 is 4.57 Å². The van der Waals surface area contributed by atoms with Gasteiger partial charge >= 0.3 is 0 Å². The molecule has 1 aromatic heterocycles. The number of rotatable bonds is 2. The van der Waals surface area contributed by atoms with Crippen LogP contribution in [0.3, 0.4) is 0 Å². The van der Waals surface area contributed by atoms with Gasteiger partial charge in [0.25, 0.3) is 0 Å². The maximum absolute atomic E-state index is 11.6. The third kappa shape index (κ3) is 2.44. The zero-order chi connectivity index (χ0) is 14.3. The second-order valence-corrected chi connectivity index (χ2v) is 8.29. The van der Waals surface area contributed by atoms with Crippen LogP contribution in [0.4, 0.5) is 0 Å². The molecule has 2 aromatic rings. The van der Waals surface area contributed by atoms with Gasteiger partial charge in [0, 0.05) is 6.04 Å². The third-order valence-electron chi connectivity index (χ3n) is 3.87. The van der Waals surface area contributed by atoms with E-state index in [2.05, 4.69) is 9.55 Å². The Labute approximate surface area is 123 Å². The van der Waals surface area contributed by atoms with Gasteiger partial charge in [-0.25, -0.2) is 13.4 Å². The number of halogens is 1. The van der Waals surface area contributed by atoms with Crippen molar-refractivity contribution in [2.45, 2.75) is 31.2 Å². The molecule has 1 unspecified atom stereocenters. The molecule has 0 bridgehead atoms. The first-order valence-electron chi connectivity index (χ1n) is 6.79. The topological polar surface area (TPSA) is 52.0 Å². The minimum atomic E-state index is -2.86. The highest BCUT2D eigenvalue weighted by molar-refractivity contribution is 7.91. The van der Waals surface area contributed by atoms with Gasteiger partial charge in [-0.2, -0.15) is 0 Å². The van der Waals surface area contributed by atoms with Crippen LogP contribution in [0.5, 0.6) is 0 Å². The second-order valence-electron chi connectivity index (χ2n) is 5.33. The molecule has 0 spiro atoms. The molecule has 3 rings (SSSR count). The van der Waals surface area contributed by atoms with Crippen molar-refractivity contribution in [1.82, 2.24) is 9.55 Å². The van der Waals surface area contributed by atoms with Gasteiger partial charge in [-0.3, -0.25) is 0 Å². The summed E-state index contributed by atoms with van der Waals surface area (Å²) in [6, 6.07) is 8.08. The van der Waals surface area contributed by atoms with E-state index in [0.29, 0.717) is 12.8 Å². The van der Waals surface area contributed by atoms with E-state index in [0.717, 1.165) is 16.9 Å². The highest BCUT2D eigenvalue weighted by Gasteiger charge is 2.28. The van der Waals surface area contributed by atoms with E-state index in [1.807, 2.05) is 31.2 Å². The first-order valence-corrected chi connectivity index (χ1v) is 9.05. The van der Waals surface area contributed by atoms with E-state index in [1.54, 1.807) is 0 Å². The van der Waals surface area contributed by atoms with E-state index >= 15 is 0 Å². The zero-order valence-electron chi connectivity index (χ0n) is 11.3. The number of fused-ring (bicyclic) bond motifs is 1. The Kier molecular flexibility index (Phi) is 3.50. The fourth-order valence-corrected chi connectivity index (χ4v) is 4.48. The molecule has 1 fully saturated rings. The minimum Gasteiger partial charge on any atom is -0.324 e. The zero-order valence-corrected chi connectivity index (χ0v) is 12.9. The van der Waals surface area contributed by atoms with E-state index in [-0.39, 0.29) is 22.9 Å². The number of hydrogen-bond acceptors (Lipinski definition) is 3. The summed E-state index contributed by atoms with van der Waals surface area (Å²) in [5.74, 6) is 1.33. The first-order chi connectivity index (χ1) is 9.48. The average molecular weight is 313 g/mol. The van der Waals surface area contributed by atoms with Gasteiger partial charge in [0.2, 0.25) is 0 Å². The maximum Gasteiger partial charge on any atom is 0.150 e. The summed E-state index contributed by atoms with van der Waals surface area (Å²) in [5, 5.41) is -0.194. The van der Waals surface area contributed by atoms with Crippen LogP contribution in [0.15, 0.2) is 24.3 Å². The van der Waals surface area contributed by atoms with Gasteiger partial charge in [0.1, 0.15) is 15.7 Å². The molecule has 20 heavy (non-hydrogen) atoms. The maximum atomic E-state index is 11.6. The van der Waals surface area contributed by atoms with E-state index in [9.17, 15) is 8.42 Å². The SMILES string of the molecule is CC(Cl)c1nc2ccccc2n1C1CCS(=O)(=O)CC1. The predicted molar refractivity (Wildman–Crippen MR) is 80.9 cm³/mol. The number of sulfone groups is 1. The molecule has 0 N–H and O–H groups in total. The lowest BCUT2D eigenvalue weighted by Gasteiger charge is -2.26. The fourth-order valence-electron chi connectivity index (χ4n) is 2.86. The smallest absolute Gasteiger partial charge is 0.150 e. The van der Waals surface area contributed by atoms with Crippen molar-refractivity contribution >= 4 is 32.5 Å². The number of aromatic nitrogens is 2. The number of nitrogens with zero attached hydrogens (tertiary/aromatic N) is 2. The molecule has 4 nitrogen and oxygen atoms in total. The van der Waals surface area contributed by atoms with E-state index in [4.69, 9.17) is 11.6 Å². The molecule has 0 aliphatic carbocycles. The largest absolute Gasteiger partial charge is 0.324 e. The Morgan fingerprint density at radius 1 is 1.30 bits per heavy atom. The molecule has 6 heteroatoms. The minimum absolute atomic E-state index is 0.169. The Bertz CT molecular complexity index is 723. The molecule has 0 saturated carbocycles. The number of alkyl halides is 1. The van der Waals surface area contributed by atoms with Gasteiger partial charge in [-0.1, -0.05) is 12.1 Å². The van der Waals surface area contributed by atoms with Crippen molar-refractivity contribution in [3.05, 3.63) is 30.1 Å². The van der Waals surface area contributed by atoms with Crippen LogP contribution in [0, 0.1) is 0 Å². The molecular weight excluding hydrogens is 296 g/mol. The van der Waals surface area contributed by atoms with Gasteiger partial charge in [0.15, 0.2) is 0 Å². The van der Waals surface area contributed by atoms with Crippen LogP contribution in [-0.4, -0.2) is 29.5 Å². The lowest BCUT2D eigenvalue weighted by Crippen LogP contribution is -2.26. The van der Waals surface area contributed by atoms with Crippen LogP contribution < -0.4 is 0 Å². The molecule has 0 amide bonds. The summed E-state index contributed by atoms with van der Waals surface area (Å²) >= 11 is 6.25. The van der Waals surface area contributed by atoms with Gasteiger partial charge in [-0.05, 0) is 31.9 Å². The van der Waals surface area contributed by atoms with E-state index < -0.39 is 9.84 Å². The monoisotopic (exact) mass is 312 g/mol. The van der Waals surface area contributed by atoms with Crippen molar-refractivity contribution in [3.8, 4) is 0 Å². The summed E-state index contributed by atoms with van der Waals surface area (Å²) in [5.41, 5.74) is 1.96. The predicted octanol–water partition coefficient (Wildman–Crippen LogP) is 3.09. The summed E-state index contributed by atoms with van der Waals surface area (Å²) in [6.45, 7) is 1.90. The van der Waals surface area contributed by atoms with Crippen LogP contribution in [-0.2, 0) is 9.84 Å². The lowest BCUT2D eigenvalue weighted by molar-refractivity contribution is 0.446. The first kappa shape index (κ1) is 13.9. The van der Waals surface area contributed by atoms with Gasteiger partial charge in [0.05, 0.1) is 27.9 Å². The molecule has 1 saturated heterocycles. The molecule has 1 aromatic carbocycles. The van der Waals surface area contributed by atoms with Crippen molar-refractivity contribution < 1.29 is 8.42 Å². The van der Waals surface area contributed by atoms with Crippen LogP contribution in [0.25, 0.3) is 11.0 Å². The fraction of sp³-hybridized carbons (Fsp3) is 0.500.